The largest absolute Gasteiger partial charge is 0.204 e. The highest BCUT2D eigenvalue weighted by atomic mass is 79.9. The van der Waals surface area contributed by atoms with Crippen molar-refractivity contribution < 1.29 is 8.78 Å². The normalized spacial score (nSPS) is 12.2. The fraction of sp³-hybridized carbons (Fsp3) is 0.222. The minimum absolute atomic E-state index is 0.417. The molecule has 4 heteroatoms. The highest BCUT2D eigenvalue weighted by Crippen LogP contribution is 2.26. The average molecular weight is 246 g/mol. The van der Waals surface area contributed by atoms with Gasteiger partial charge in [0.05, 0.1) is 12.0 Å². The molecular formula is C9H6BrF2N. The Morgan fingerprint density at radius 2 is 1.92 bits per heavy atom. The van der Waals surface area contributed by atoms with Crippen LogP contribution in [0.5, 0.6) is 0 Å². The van der Waals surface area contributed by atoms with Crippen molar-refractivity contribution in [2.24, 2.45) is 0 Å². The number of hydrogen-bond donors (Lipinski definition) is 0. The van der Waals surface area contributed by atoms with Crippen LogP contribution in [0.1, 0.15) is 18.4 Å². The molecule has 0 saturated heterocycles. The van der Waals surface area contributed by atoms with Crippen LogP contribution in [0.3, 0.4) is 0 Å². The van der Waals surface area contributed by atoms with Gasteiger partial charge in [0.15, 0.2) is 11.6 Å². The van der Waals surface area contributed by atoms with Crippen LogP contribution in [0.2, 0.25) is 0 Å². The maximum absolute atomic E-state index is 12.8. The molecule has 0 spiro atoms. The second-order valence-corrected chi connectivity index (χ2v) is 3.49. The van der Waals surface area contributed by atoms with Gasteiger partial charge in [0.1, 0.15) is 0 Å². The van der Waals surface area contributed by atoms with Gasteiger partial charge in [-0.05, 0) is 24.6 Å². The van der Waals surface area contributed by atoms with Crippen LogP contribution in [0, 0.1) is 23.0 Å². The van der Waals surface area contributed by atoms with Gasteiger partial charge >= 0.3 is 0 Å². The molecule has 0 N–H and O–H groups in total. The average Bonchev–Trinajstić information content (AvgIpc) is 2.10. The smallest absolute Gasteiger partial charge is 0.159 e. The Balaban J connectivity index is 3.25. The van der Waals surface area contributed by atoms with Gasteiger partial charge in [-0.25, -0.2) is 8.78 Å². The van der Waals surface area contributed by atoms with Crippen LogP contribution in [0.25, 0.3) is 0 Å². The summed E-state index contributed by atoms with van der Waals surface area (Å²) < 4.78 is 25.8. The molecule has 1 atom stereocenters. The highest BCUT2D eigenvalue weighted by Gasteiger charge is 2.12. The van der Waals surface area contributed by atoms with Gasteiger partial charge < -0.3 is 0 Å². The lowest BCUT2D eigenvalue weighted by molar-refractivity contribution is 0.506. The van der Waals surface area contributed by atoms with Crippen LogP contribution in [0.4, 0.5) is 8.78 Å². The molecule has 0 heterocycles. The van der Waals surface area contributed by atoms with Crippen molar-refractivity contribution in [1.82, 2.24) is 0 Å². The molecule has 0 fully saturated rings. The SMILES string of the molecule is CC(C#N)c1cc(F)c(F)cc1Br. The van der Waals surface area contributed by atoms with E-state index in [0.717, 1.165) is 12.1 Å². The quantitative estimate of drug-likeness (QED) is 0.697. The van der Waals surface area contributed by atoms with Gasteiger partial charge in [0.2, 0.25) is 0 Å². The lowest BCUT2D eigenvalue weighted by Gasteiger charge is -2.06. The Bertz CT molecular complexity index is 371. The maximum Gasteiger partial charge on any atom is 0.159 e. The van der Waals surface area contributed by atoms with Gasteiger partial charge in [0, 0.05) is 4.47 Å². The molecule has 1 unspecified atom stereocenters. The summed E-state index contributed by atoms with van der Waals surface area (Å²) in [7, 11) is 0. The molecule has 1 rings (SSSR count). The van der Waals surface area contributed by atoms with E-state index in [9.17, 15) is 8.78 Å². The lowest BCUT2D eigenvalue weighted by atomic mass is 10.0. The van der Waals surface area contributed by atoms with E-state index in [1.807, 2.05) is 6.07 Å². The fourth-order valence-electron chi connectivity index (χ4n) is 0.939. The first-order chi connectivity index (χ1) is 6.06. The number of benzene rings is 1. The Kier molecular flexibility index (Phi) is 2.99. The first kappa shape index (κ1) is 10.1. The zero-order valence-corrected chi connectivity index (χ0v) is 8.40. The van der Waals surface area contributed by atoms with Crippen molar-refractivity contribution in [3.05, 3.63) is 33.8 Å². The number of halogens is 3. The molecule has 0 radical (unpaired) electrons. The molecule has 0 saturated carbocycles. The summed E-state index contributed by atoms with van der Waals surface area (Å²) in [6.45, 7) is 1.62. The minimum atomic E-state index is -0.930. The zero-order valence-electron chi connectivity index (χ0n) is 6.81. The number of nitrogens with zero attached hydrogens (tertiary/aromatic N) is 1. The summed E-state index contributed by atoms with van der Waals surface area (Å²) in [5, 5.41) is 8.59. The third-order valence-electron chi connectivity index (χ3n) is 1.70. The van der Waals surface area contributed by atoms with E-state index in [2.05, 4.69) is 15.9 Å². The predicted molar refractivity (Wildman–Crippen MR) is 48.1 cm³/mol. The summed E-state index contributed by atoms with van der Waals surface area (Å²) in [5.41, 5.74) is 0.460. The molecule has 13 heavy (non-hydrogen) atoms. The molecule has 0 aliphatic heterocycles. The van der Waals surface area contributed by atoms with E-state index in [4.69, 9.17) is 5.26 Å². The van der Waals surface area contributed by atoms with Crippen LogP contribution >= 0.6 is 15.9 Å². The van der Waals surface area contributed by atoms with Crippen molar-refractivity contribution in [1.29, 1.82) is 5.26 Å². The predicted octanol–water partition coefficient (Wildman–Crippen LogP) is 3.35. The Morgan fingerprint density at radius 3 is 2.46 bits per heavy atom. The highest BCUT2D eigenvalue weighted by molar-refractivity contribution is 9.10. The van der Waals surface area contributed by atoms with Crippen molar-refractivity contribution in [3.63, 3.8) is 0 Å². The monoisotopic (exact) mass is 245 g/mol. The third-order valence-corrected chi connectivity index (χ3v) is 2.39. The molecule has 0 bridgehead atoms. The van der Waals surface area contributed by atoms with Crippen molar-refractivity contribution >= 4 is 15.9 Å². The van der Waals surface area contributed by atoms with Crippen molar-refractivity contribution in [3.8, 4) is 6.07 Å². The molecule has 0 aromatic heterocycles. The number of rotatable bonds is 1. The minimum Gasteiger partial charge on any atom is -0.204 e. The van der Waals surface area contributed by atoms with Gasteiger partial charge in [0.25, 0.3) is 0 Å². The molecule has 1 nitrogen and oxygen atoms in total. The number of hydrogen-bond acceptors (Lipinski definition) is 1. The van der Waals surface area contributed by atoms with Gasteiger partial charge in [-0.1, -0.05) is 15.9 Å². The Labute approximate surface area is 83.1 Å². The molecule has 0 aliphatic carbocycles. The second-order valence-electron chi connectivity index (χ2n) is 2.64. The van der Waals surface area contributed by atoms with Crippen LogP contribution in [0.15, 0.2) is 16.6 Å². The third kappa shape index (κ3) is 2.04. The maximum atomic E-state index is 12.8. The summed E-state index contributed by atoms with van der Waals surface area (Å²) in [6, 6.07) is 4.01. The van der Waals surface area contributed by atoms with Gasteiger partial charge in [-0.3, -0.25) is 0 Å². The molecule has 0 aliphatic rings. The molecule has 1 aromatic rings. The summed E-state index contributed by atoms with van der Waals surface area (Å²) >= 11 is 3.06. The van der Waals surface area contributed by atoms with E-state index in [1.54, 1.807) is 6.92 Å². The summed E-state index contributed by atoms with van der Waals surface area (Å²) in [4.78, 5) is 0. The van der Waals surface area contributed by atoms with Gasteiger partial charge in [-0.15, -0.1) is 0 Å². The van der Waals surface area contributed by atoms with Gasteiger partial charge in [-0.2, -0.15) is 5.26 Å². The van der Waals surface area contributed by atoms with E-state index in [-0.39, 0.29) is 0 Å². The lowest BCUT2D eigenvalue weighted by Crippen LogP contribution is -1.95. The van der Waals surface area contributed by atoms with Crippen molar-refractivity contribution in [2.75, 3.05) is 0 Å². The van der Waals surface area contributed by atoms with Crippen molar-refractivity contribution in [2.45, 2.75) is 12.8 Å². The summed E-state index contributed by atoms with van der Waals surface area (Å²) in [6.07, 6.45) is 0. The Morgan fingerprint density at radius 1 is 1.38 bits per heavy atom. The molecular weight excluding hydrogens is 240 g/mol. The number of nitriles is 1. The zero-order chi connectivity index (χ0) is 10.0. The summed E-state index contributed by atoms with van der Waals surface area (Å²) in [5.74, 6) is -2.30. The second kappa shape index (κ2) is 3.84. The van der Waals surface area contributed by atoms with E-state index >= 15 is 0 Å². The molecule has 1 aromatic carbocycles. The van der Waals surface area contributed by atoms with Crippen LogP contribution < -0.4 is 0 Å². The topological polar surface area (TPSA) is 23.8 Å². The first-order valence-corrected chi connectivity index (χ1v) is 4.39. The first-order valence-electron chi connectivity index (χ1n) is 3.60. The standard InChI is InChI=1S/C9H6BrF2N/c1-5(4-13)6-2-8(11)9(12)3-7(6)10/h2-3,5H,1H3. The molecule has 0 amide bonds. The van der Waals surface area contributed by atoms with Crippen LogP contribution in [-0.2, 0) is 0 Å². The van der Waals surface area contributed by atoms with E-state index in [0.29, 0.717) is 10.0 Å². The van der Waals surface area contributed by atoms with E-state index < -0.39 is 17.6 Å². The molecule has 68 valence electrons. The fourth-order valence-corrected chi connectivity index (χ4v) is 1.60. The van der Waals surface area contributed by atoms with E-state index in [1.165, 1.54) is 0 Å². The Hall–Kier alpha value is -0.950. The van der Waals surface area contributed by atoms with Crippen LogP contribution in [-0.4, -0.2) is 0 Å².